The van der Waals surface area contributed by atoms with Crippen LogP contribution in [0.15, 0.2) is 41.3 Å². The summed E-state index contributed by atoms with van der Waals surface area (Å²) in [6, 6.07) is 9.84. The number of sulfonamides is 1. The van der Waals surface area contributed by atoms with Gasteiger partial charge in [0.15, 0.2) is 0 Å². The smallest absolute Gasteiger partial charge is 0.257 e. The Morgan fingerprint density at radius 1 is 1.13 bits per heavy atom. The molecule has 162 valence electrons. The zero-order valence-corrected chi connectivity index (χ0v) is 18.6. The number of carbonyl (C=O) groups excluding carboxylic acids is 1. The number of aryl methyl sites for hydroxylation is 2. The second-order valence-electron chi connectivity index (χ2n) is 7.47. The van der Waals surface area contributed by atoms with Gasteiger partial charge in [-0.2, -0.15) is 0 Å². The minimum absolute atomic E-state index is 0.0246. The monoisotopic (exact) mass is 432 g/mol. The zero-order chi connectivity index (χ0) is 21.9. The summed E-state index contributed by atoms with van der Waals surface area (Å²) in [6.45, 7) is 7.60. The summed E-state index contributed by atoms with van der Waals surface area (Å²) < 4.78 is 39.4. The lowest BCUT2D eigenvalue weighted by atomic mass is 10.0. The van der Waals surface area contributed by atoms with Gasteiger partial charge in [-0.25, -0.2) is 13.1 Å². The number of rotatable bonds is 6. The summed E-state index contributed by atoms with van der Waals surface area (Å²) in [5, 5.41) is 0. The molecule has 0 radical (unpaired) electrons. The Hall–Kier alpha value is -2.42. The molecule has 7 nitrogen and oxygen atoms in total. The molecule has 1 aliphatic rings. The third kappa shape index (κ3) is 4.83. The van der Waals surface area contributed by atoms with E-state index in [-0.39, 0.29) is 16.4 Å². The van der Waals surface area contributed by atoms with Crippen LogP contribution in [0.3, 0.4) is 0 Å². The number of amides is 1. The fraction of sp³-hybridized carbons (Fsp3) is 0.409. The van der Waals surface area contributed by atoms with Crippen molar-refractivity contribution in [3.8, 4) is 5.75 Å². The number of hydrogen-bond donors (Lipinski definition) is 1. The molecule has 1 N–H and O–H groups in total. The lowest BCUT2D eigenvalue weighted by Crippen LogP contribution is -2.40. The molecule has 1 fully saturated rings. The topological polar surface area (TPSA) is 84.9 Å². The Kier molecular flexibility index (Phi) is 6.80. The van der Waals surface area contributed by atoms with Crippen molar-refractivity contribution in [3.05, 3.63) is 58.7 Å². The SMILES string of the molecule is COc1ccc(S(=O)(=O)N[C@H](C)c2ccc(C)cc2C)cc1C(=O)N1CCOCC1. The summed E-state index contributed by atoms with van der Waals surface area (Å²) >= 11 is 0. The van der Waals surface area contributed by atoms with Crippen molar-refractivity contribution in [3.63, 3.8) is 0 Å². The van der Waals surface area contributed by atoms with Crippen LogP contribution in [0.4, 0.5) is 0 Å². The van der Waals surface area contributed by atoms with Crippen LogP contribution >= 0.6 is 0 Å². The molecule has 1 amide bonds. The molecule has 1 saturated heterocycles. The van der Waals surface area contributed by atoms with E-state index in [2.05, 4.69) is 4.72 Å². The third-order valence-electron chi connectivity index (χ3n) is 5.23. The number of ether oxygens (including phenoxy) is 2. The highest BCUT2D eigenvalue weighted by atomic mass is 32.2. The van der Waals surface area contributed by atoms with Crippen LogP contribution < -0.4 is 9.46 Å². The molecular weight excluding hydrogens is 404 g/mol. The molecule has 0 spiro atoms. The summed E-state index contributed by atoms with van der Waals surface area (Å²) in [4.78, 5) is 14.6. The van der Waals surface area contributed by atoms with E-state index < -0.39 is 16.1 Å². The fourth-order valence-electron chi connectivity index (χ4n) is 3.63. The molecule has 8 heteroatoms. The Bertz CT molecular complexity index is 1030. The molecule has 3 rings (SSSR count). The van der Waals surface area contributed by atoms with Gasteiger partial charge in [-0.1, -0.05) is 23.8 Å². The summed E-state index contributed by atoms with van der Waals surface area (Å²) in [6.07, 6.45) is 0. The van der Waals surface area contributed by atoms with Crippen molar-refractivity contribution in [2.75, 3.05) is 33.4 Å². The standard InChI is InChI=1S/C22H28N2O5S/c1-15-5-7-19(16(2)13-15)17(3)23-30(26,27)18-6-8-21(28-4)20(14-18)22(25)24-9-11-29-12-10-24/h5-8,13-14,17,23H,9-12H2,1-4H3/t17-/m1/s1. The number of nitrogens with zero attached hydrogens (tertiary/aromatic N) is 1. The van der Waals surface area contributed by atoms with Crippen LogP contribution in [0.2, 0.25) is 0 Å². The van der Waals surface area contributed by atoms with Gasteiger partial charge in [0.05, 0.1) is 30.8 Å². The van der Waals surface area contributed by atoms with Crippen molar-refractivity contribution in [1.29, 1.82) is 0 Å². The normalized spacial score (nSPS) is 15.7. The molecule has 0 aliphatic carbocycles. The van der Waals surface area contributed by atoms with E-state index >= 15 is 0 Å². The molecule has 1 atom stereocenters. The lowest BCUT2D eigenvalue weighted by molar-refractivity contribution is 0.0300. The predicted octanol–water partition coefficient (Wildman–Crippen LogP) is 2.82. The Morgan fingerprint density at radius 3 is 2.47 bits per heavy atom. The van der Waals surface area contributed by atoms with Crippen LogP contribution in [0.1, 0.15) is 40.0 Å². The van der Waals surface area contributed by atoms with Crippen molar-refractivity contribution < 1.29 is 22.7 Å². The number of methoxy groups -OCH3 is 1. The van der Waals surface area contributed by atoms with Gasteiger partial charge in [0, 0.05) is 19.1 Å². The van der Waals surface area contributed by atoms with E-state index in [4.69, 9.17) is 9.47 Å². The van der Waals surface area contributed by atoms with Crippen molar-refractivity contribution in [1.82, 2.24) is 9.62 Å². The summed E-state index contributed by atoms with van der Waals surface area (Å²) in [7, 11) is -2.39. The van der Waals surface area contributed by atoms with Crippen molar-refractivity contribution in [2.45, 2.75) is 31.7 Å². The first-order valence-corrected chi connectivity index (χ1v) is 11.4. The van der Waals surface area contributed by atoms with Crippen LogP contribution in [-0.4, -0.2) is 52.6 Å². The zero-order valence-electron chi connectivity index (χ0n) is 17.8. The van der Waals surface area contributed by atoms with Gasteiger partial charge in [0.1, 0.15) is 5.75 Å². The van der Waals surface area contributed by atoms with Gasteiger partial charge in [0.2, 0.25) is 10.0 Å². The number of morpholine rings is 1. The van der Waals surface area contributed by atoms with Gasteiger partial charge in [-0.15, -0.1) is 0 Å². The molecule has 30 heavy (non-hydrogen) atoms. The van der Waals surface area contributed by atoms with Gasteiger partial charge in [-0.3, -0.25) is 4.79 Å². The predicted molar refractivity (Wildman–Crippen MR) is 114 cm³/mol. The largest absolute Gasteiger partial charge is 0.496 e. The number of hydrogen-bond acceptors (Lipinski definition) is 5. The number of nitrogens with one attached hydrogen (secondary N) is 1. The average Bonchev–Trinajstić information content (AvgIpc) is 2.72. The van der Waals surface area contributed by atoms with Gasteiger partial charge in [-0.05, 0) is 50.1 Å². The quantitative estimate of drug-likeness (QED) is 0.759. The second-order valence-corrected chi connectivity index (χ2v) is 9.18. The van der Waals surface area contributed by atoms with E-state index in [1.807, 2.05) is 32.0 Å². The van der Waals surface area contributed by atoms with Gasteiger partial charge < -0.3 is 14.4 Å². The van der Waals surface area contributed by atoms with E-state index in [0.29, 0.717) is 32.1 Å². The minimum atomic E-state index is -3.85. The molecule has 0 saturated carbocycles. The van der Waals surface area contributed by atoms with E-state index in [1.54, 1.807) is 11.8 Å². The minimum Gasteiger partial charge on any atom is -0.496 e. The van der Waals surface area contributed by atoms with Crippen LogP contribution in [0.5, 0.6) is 5.75 Å². The summed E-state index contributed by atoms with van der Waals surface area (Å²) in [5.74, 6) is 0.0718. The molecule has 0 bridgehead atoms. The first kappa shape index (κ1) is 22.3. The molecule has 0 aromatic heterocycles. The highest BCUT2D eigenvalue weighted by Crippen LogP contribution is 2.26. The molecule has 0 unspecified atom stereocenters. The molecular formula is C22H28N2O5S. The molecule has 1 heterocycles. The van der Waals surface area contributed by atoms with Crippen LogP contribution in [-0.2, 0) is 14.8 Å². The fourth-order valence-corrected chi connectivity index (χ4v) is 4.88. The van der Waals surface area contributed by atoms with E-state index in [9.17, 15) is 13.2 Å². The molecule has 1 aliphatic heterocycles. The Balaban J connectivity index is 1.89. The van der Waals surface area contributed by atoms with E-state index in [0.717, 1.165) is 16.7 Å². The molecule has 2 aromatic rings. The van der Waals surface area contributed by atoms with Crippen LogP contribution in [0.25, 0.3) is 0 Å². The van der Waals surface area contributed by atoms with Gasteiger partial charge >= 0.3 is 0 Å². The first-order chi connectivity index (χ1) is 14.2. The maximum absolute atomic E-state index is 13.0. The number of carbonyl (C=O) groups is 1. The van der Waals surface area contributed by atoms with Gasteiger partial charge in [0.25, 0.3) is 5.91 Å². The maximum Gasteiger partial charge on any atom is 0.257 e. The average molecular weight is 433 g/mol. The van der Waals surface area contributed by atoms with E-state index in [1.165, 1.54) is 25.3 Å². The Labute approximate surface area is 178 Å². The first-order valence-electron chi connectivity index (χ1n) is 9.87. The Morgan fingerprint density at radius 2 is 1.83 bits per heavy atom. The molecule has 2 aromatic carbocycles. The van der Waals surface area contributed by atoms with Crippen molar-refractivity contribution in [2.24, 2.45) is 0 Å². The highest BCUT2D eigenvalue weighted by molar-refractivity contribution is 7.89. The summed E-state index contributed by atoms with van der Waals surface area (Å²) in [5.41, 5.74) is 3.26. The second kappa shape index (κ2) is 9.16. The number of benzene rings is 2. The maximum atomic E-state index is 13.0. The lowest BCUT2D eigenvalue weighted by Gasteiger charge is -2.27. The highest BCUT2D eigenvalue weighted by Gasteiger charge is 2.26. The van der Waals surface area contributed by atoms with Crippen molar-refractivity contribution >= 4 is 15.9 Å². The van der Waals surface area contributed by atoms with Crippen LogP contribution in [0, 0.1) is 13.8 Å². The third-order valence-corrected chi connectivity index (χ3v) is 6.77.